The van der Waals surface area contributed by atoms with Gasteiger partial charge in [0.05, 0.1) is 23.4 Å². The average Bonchev–Trinajstić information content (AvgIpc) is 2.54. The van der Waals surface area contributed by atoms with E-state index in [9.17, 15) is 4.79 Å². The summed E-state index contributed by atoms with van der Waals surface area (Å²) in [6.07, 6.45) is 0. The van der Waals surface area contributed by atoms with Gasteiger partial charge in [0.25, 0.3) is 0 Å². The van der Waals surface area contributed by atoms with Gasteiger partial charge in [0.2, 0.25) is 5.91 Å². The first-order chi connectivity index (χ1) is 10.2. The van der Waals surface area contributed by atoms with Crippen molar-refractivity contribution in [3.05, 3.63) is 65.7 Å². The van der Waals surface area contributed by atoms with Crippen LogP contribution < -0.4 is 5.32 Å². The minimum Gasteiger partial charge on any atom is -0.349 e. The van der Waals surface area contributed by atoms with Crippen molar-refractivity contribution in [1.29, 1.82) is 5.26 Å². The minimum absolute atomic E-state index is 0.000660. The number of amides is 1. The topological polar surface area (TPSA) is 52.9 Å². The highest BCUT2D eigenvalue weighted by molar-refractivity contribution is 8.00. The van der Waals surface area contributed by atoms with Crippen molar-refractivity contribution in [3.8, 4) is 6.07 Å². The van der Waals surface area contributed by atoms with E-state index in [0.717, 1.165) is 10.5 Å². The van der Waals surface area contributed by atoms with Crippen LogP contribution in [-0.2, 0) is 4.79 Å². The van der Waals surface area contributed by atoms with Gasteiger partial charge in [-0.25, -0.2) is 0 Å². The molecular formula is C17H16N2OS. The molecule has 0 heterocycles. The van der Waals surface area contributed by atoms with E-state index in [0.29, 0.717) is 11.3 Å². The van der Waals surface area contributed by atoms with Gasteiger partial charge in [0, 0.05) is 4.90 Å². The SMILES string of the molecule is CC(NC(=O)CSc1ccccc1)c1ccc(C#N)cc1. The van der Waals surface area contributed by atoms with Crippen molar-refractivity contribution in [3.63, 3.8) is 0 Å². The highest BCUT2D eigenvalue weighted by Crippen LogP contribution is 2.18. The van der Waals surface area contributed by atoms with E-state index in [4.69, 9.17) is 5.26 Å². The molecule has 1 amide bonds. The number of rotatable bonds is 5. The monoisotopic (exact) mass is 296 g/mol. The lowest BCUT2D eigenvalue weighted by Gasteiger charge is -2.14. The van der Waals surface area contributed by atoms with Crippen LogP contribution in [0.15, 0.2) is 59.5 Å². The summed E-state index contributed by atoms with van der Waals surface area (Å²) in [7, 11) is 0. The zero-order valence-electron chi connectivity index (χ0n) is 11.7. The first-order valence-corrected chi connectivity index (χ1v) is 7.65. The smallest absolute Gasteiger partial charge is 0.230 e. The predicted molar refractivity (Wildman–Crippen MR) is 84.9 cm³/mol. The first kappa shape index (κ1) is 15.1. The maximum Gasteiger partial charge on any atom is 0.230 e. The van der Waals surface area contributed by atoms with Crippen LogP contribution in [0.25, 0.3) is 0 Å². The second kappa shape index (κ2) is 7.51. The molecular weight excluding hydrogens is 280 g/mol. The predicted octanol–water partition coefficient (Wildman–Crippen LogP) is 3.53. The molecule has 106 valence electrons. The van der Waals surface area contributed by atoms with Gasteiger partial charge < -0.3 is 5.32 Å². The van der Waals surface area contributed by atoms with Crippen molar-refractivity contribution in [2.24, 2.45) is 0 Å². The van der Waals surface area contributed by atoms with Gasteiger partial charge in [0.1, 0.15) is 0 Å². The maximum absolute atomic E-state index is 11.9. The Kier molecular flexibility index (Phi) is 5.42. The number of benzene rings is 2. The van der Waals surface area contributed by atoms with E-state index in [2.05, 4.69) is 11.4 Å². The van der Waals surface area contributed by atoms with Crippen LogP contribution in [0.4, 0.5) is 0 Å². The van der Waals surface area contributed by atoms with Crippen LogP contribution in [0, 0.1) is 11.3 Å². The lowest BCUT2D eigenvalue weighted by Crippen LogP contribution is -2.28. The normalized spacial score (nSPS) is 11.4. The number of carbonyl (C=O) groups is 1. The van der Waals surface area contributed by atoms with Crippen LogP contribution >= 0.6 is 11.8 Å². The Balaban J connectivity index is 1.85. The Hall–Kier alpha value is -2.25. The molecule has 1 atom stereocenters. The molecule has 21 heavy (non-hydrogen) atoms. The van der Waals surface area contributed by atoms with Gasteiger partial charge in [-0.15, -0.1) is 11.8 Å². The molecule has 2 aromatic rings. The fourth-order valence-electron chi connectivity index (χ4n) is 1.88. The lowest BCUT2D eigenvalue weighted by molar-refractivity contribution is -0.119. The van der Waals surface area contributed by atoms with E-state index in [1.54, 1.807) is 12.1 Å². The lowest BCUT2D eigenvalue weighted by atomic mass is 10.1. The number of nitrogens with one attached hydrogen (secondary N) is 1. The van der Waals surface area contributed by atoms with Crippen molar-refractivity contribution in [2.45, 2.75) is 17.9 Å². The average molecular weight is 296 g/mol. The number of carbonyl (C=O) groups excluding carboxylic acids is 1. The van der Waals surface area contributed by atoms with E-state index < -0.39 is 0 Å². The summed E-state index contributed by atoms with van der Waals surface area (Å²) < 4.78 is 0. The summed E-state index contributed by atoms with van der Waals surface area (Å²) in [5.41, 5.74) is 1.61. The van der Waals surface area contributed by atoms with Gasteiger partial charge in [-0.2, -0.15) is 5.26 Å². The molecule has 3 nitrogen and oxygen atoms in total. The van der Waals surface area contributed by atoms with E-state index in [1.165, 1.54) is 11.8 Å². The third kappa shape index (κ3) is 4.66. The molecule has 0 spiro atoms. The molecule has 1 N–H and O–H groups in total. The molecule has 0 bridgehead atoms. The van der Waals surface area contributed by atoms with Crippen LogP contribution in [0.3, 0.4) is 0 Å². The van der Waals surface area contributed by atoms with E-state index in [-0.39, 0.29) is 11.9 Å². The molecule has 0 saturated carbocycles. The largest absolute Gasteiger partial charge is 0.349 e. The van der Waals surface area contributed by atoms with Gasteiger partial charge in [-0.3, -0.25) is 4.79 Å². The third-order valence-corrected chi connectivity index (χ3v) is 4.04. The fourth-order valence-corrected chi connectivity index (χ4v) is 2.61. The second-order valence-electron chi connectivity index (χ2n) is 4.62. The molecule has 0 fully saturated rings. The minimum atomic E-state index is -0.0679. The summed E-state index contributed by atoms with van der Waals surface area (Å²) >= 11 is 1.52. The van der Waals surface area contributed by atoms with Crippen molar-refractivity contribution >= 4 is 17.7 Å². The van der Waals surface area contributed by atoms with Crippen molar-refractivity contribution in [2.75, 3.05) is 5.75 Å². The van der Waals surface area contributed by atoms with Crippen LogP contribution in [0.2, 0.25) is 0 Å². The van der Waals surface area contributed by atoms with Gasteiger partial charge >= 0.3 is 0 Å². The van der Waals surface area contributed by atoms with Crippen molar-refractivity contribution in [1.82, 2.24) is 5.32 Å². The molecule has 0 radical (unpaired) electrons. The molecule has 2 rings (SSSR count). The van der Waals surface area contributed by atoms with E-state index >= 15 is 0 Å². The molecule has 0 aliphatic carbocycles. The standard InChI is InChI=1S/C17H16N2OS/c1-13(15-9-7-14(11-18)8-10-15)19-17(20)12-21-16-5-3-2-4-6-16/h2-10,13H,12H2,1H3,(H,19,20). The Morgan fingerprint density at radius 2 is 1.86 bits per heavy atom. The molecule has 0 saturated heterocycles. The highest BCUT2D eigenvalue weighted by atomic mass is 32.2. The zero-order valence-corrected chi connectivity index (χ0v) is 12.6. The van der Waals surface area contributed by atoms with Gasteiger partial charge in [-0.1, -0.05) is 30.3 Å². The zero-order chi connectivity index (χ0) is 15.1. The number of hydrogen-bond acceptors (Lipinski definition) is 3. The maximum atomic E-state index is 11.9. The summed E-state index contributed by atoms with van der Waals surface area (Å²) in [5, 5.41) is 11.7. The summed E-state index contributed by atoms with van der Waals surface area (Å²) in [4.78, 5) is 13.0. The number of nitriles is 1. The Labute approximate surface area is 129 Å². The molecule has 4 heteroatoms. The Morgan fingerprint density at radius 3 is 2.48 bits per heavy atom. The molecule has 2 aromatic carbocycles. The summed E-state index contributed by atoms with van der Waals surface area (Å²) in [6, 6.07) is 19.1. The highest BCUT2D eigenvalue weighted by Gasteiger charge is 2.09. The number of nitrogens with zero attached hydrogens (tertiary/aromatic N) is 1. The van der Waals surface area contributed by atoms with Gasteiger partial charge in [-0.05, 0) is 36.8 Å². The molecule has 0 aromatic heterocycles. The fraction of sp³-hybridized carbons (Fsp3) is 0.176. The summed E-state index contributed by atoms with van der Waals surface area (Å²) in [5.74, 6) is 0.394. The molecule has 0 aliphatic heterocycles. The van der Waals surface area contributed by atoms with E-state index in [1.807, 2.05) is 49.4 Å². The first-order valence-electron chi connectivity index (χ1n) is 6.66. The summed E-state index contributed by atoms with van der Waals surface area (Å²) in [6.45, 7) is 1.94. The van der Waals surface area contributed by atoms with Crippen LogP contribution in [-0.4, -0.2) is 11.7 Å². The third-order valence-electron chi connectivity index (χ3n) is 3.03. The quantitative estimate of drug-likeness (QED) is 0.859. The Morgan fingerprint density at radius 1 is 1.19 bits per heavy atom. The molecule has 1 unspecified atom stereocenters. The second-order valence-corrected chi connectivity index (χ2v) is 5.67. The van der Waals surface area contributed by atoms with Crippen LogP contribution in [0.1, 0.15) is 24.1 Å². The molecule has 0 aliphatic rings. The number of thioether (sulfide) groups is 1. The Bertz CT molecular complexity index is 632. The number of hydrogen-bond donors (Lipinski definition) is 1. The van der Waals surface area contributed by atoms with Gasteiger partial charge in [0.15, 0.2) is 0 Å². The van der Waals surface area contributed by atoms with Crippen LogP contribution in [0.5, 0.6) is 0 Å². The van der Waals surface area contributed by atoms with Crippen molar-refractivity contribution < 1.29 is 4.79 Å².